The maximum atomic E-state index is 15.2. The quantitative estimate of drug-likeness (QED) is 0.0387. The lowest BCUT2D eigenvalue weighted by Crippen LogP contribution is -2.06. The lowest BCUT2D eigenvalue weighted by molar-refractivity contribution is 0.111. The summed E-state index contributed by atoms with van der Waals surface area (Å²) in [6.45, 7) is 17.3. The van der Waals surface area contributed by atoms with Crippen molar-refractivity contribution in [1.82, 2.24) is 8.75 Å². The molecule has 304 valence electrons. The van der Waals surface area contributed by atoms with Gasteiger partial charge in [0.1, 0.15) is 11.0 Å². The van der Waals surface area contributed by atoms with E-state index in [0.29, 0.717) is 35.4 Å². The molecule has 0 radical (unpaired) electrons. The fourth-order valence-corrected chi connectivity index (χ4v) is 6.92. The van der Waals surface area contributed by atoms with Crippen LogP contribution in [0.1, 0.15) is 97.3 Å². The molecule has 0 amide bonds. The first-order chi connectivity index (χ1) is 27.0. The summed E-state index contributed by atoms with van der Waals surface area (Å²) in [4.78, 5) is 0. The zero-order valence-corrected chi connectivity index (χ0v) is 33.1. The Balaban J connectivity index is 0.00000841. The average molecular weight is 789 g/mol. The third-order valence-electron chi connectivity index (χ3n) is 9.54. The number of fused-ring (bicyclic) bond motifs is 1. The van der Waals surface area contributed by atoms with E-state index in [1.165, 1.54) is 25.0 Å². The molecule has 9 heteroatoms. The van der Waals surface area contributed by atoms with Gasteiger partial charge in [0.2, 0.25) is 0 Å². The molecule has 0 bridgehead atoms. The molecule has 6 nitrogen and oxygen atoms in total. The van der Waals surface area contributed by atoms with Crippen molar-refractivity contribution in [2.45, 2.75) is 110 Å². The molecule has 0 saturated carbocycles. The van der Waals surface area contributed by atoms with Crippen LogP contribution in [0.2, 0.25) is 0 Å². The van der Waals surface area contributed by atoms with E-state index in [1.54, 1.807) is 36.4 Å². The van der Waals surface area contributed by atoms with E-state index in [4.69, 9.17) is 18.9 Å². The van der Waals surface area contributed by atoms with E-state index < -0.39 is 11.6 Å². The van der Waals surface area contributed by atoms with E-state index >= 15 is 8.78 Å². The molecule has 0 aliphatic rings. The highest BCUT2D eigenvalue weighted by Crippen LogP contribution is 2.37. The molecular formula is C47H62F2N2O4S. The Morgan fingerprint density at radius 1 is 0.500 bits per heavy atom. The van der Waals surface area contributed by atoms with Crippen LogP contribution in [0.25, 0.3) is 33.3 Å². The van der Waals surface area contributed by atoms with Crippen molar-refractivity contribution in [2.24, 2.45) is 0 Å². The minimum Gasteiger partial charge on any atom is -0.491 e. The fourth-order valence-electron chi connectivity index (χ4n) is 6.35. The summed E-state index contributed by atoms with van der Waals surface area (Å²) >= 11 is 1.08. The van der Waals surface area contributed by atoms with Crippen LogP contribution in [0, 0.1) is 11.6 Å². The monoisotopic (exact) mass is 788 g/mol. The molecule has 0 aliphatic carbocycles. The Morgan fingerprint density at radius 2 is 0.839 bits per heavy atom. The zero-order chi connectivity index (χ0) is 39.1. The first kappa shape index (κ1) is 46.2. The van der Waals surface area contributed by atoms with Gasteiger partial charge in [0.25, 0.3) is 0 Å². The number of hydrogen-bond acceptors (Lipinski definition) is 7. The number of rotatable bonds is 30. The molecule has 0 N–H and O–H groups in total. The predicted octanol–water partition coefficient (Wildman–Crippen LogP) is 13.7. The summed E-state index contributed by atoms with van der Waals surface area (Å²) < 4.78 is 62.3. The maximum Gasteiger partial charge on any atom is 0.165 e. The van der Waals surface area contributed by atoms with Gasteiger partial charge in [0.05, 0.1) is 37.1 Å². The summed E-state index contributed by atoms with van der Waals surface area (Å²) in [5, 5.41) is 0. The lowest BCUT2D eigenvalue weighted by atomic mass is 9.97. The Hall–Kier alpha value is -4.18. The topological polar surface area (TPSA) is 62.7 Å². The molecule has 0 unspecified atom stereocenters. The summed E-state index contributed by atoms with van der Waals surface area (Å²) in [5.74, 6) is -0.363. The number of unbranched alkanes of at least 4 members (excludes halogenated alkanes) is 12. The molecule has 1 aromatic heterocycles. The number of nitrogens with zero attached hydrogens (tertiary/aromatic N) is 2. The second-order valence-corrected chi connectivity index (χ2v) is 14.2. The highest BCUT2D eigenvalue weighted by molar-refractivity contribution is 7.00. The van der Waals surface area contributed by atoms with Crippen molar-refractivity contribution in [3.8, 4) is 33.8 Å². The van der Waals surface area contributed by atoms with Crippen LogP contribution < -0.4 is 9.47 Å². The Kier molecular flexibility index (Phi) is 22.0. The van der Waals surface area contributed by atoms with Gasteiger partial charge in [-0.3, -0.25) is 0 Å². The molecular weight excluding hydrogens is 727 g/mol. The Labute approximate surface area is 338 Å². The van der Waals surface area contributed by atoms with E-state index in [9.17, 15) is 0 Å². The average Bonchev–Trinajstić information content (AvgIpc) is 3.70. The molecule has 4 aromatic rings. The Morgan fingerprint density at radius 3 is 1.18 bits per heavy atom. The van der Waals surface area contributed by atoms with Crippen molar-refractivity contribution in [2.75, 3.05) is 26.4 Å². The van der Waals surface area contributed by atoms with Crippen LogP contribution in [0.4, 0.5) is 8.78 Å². The zero-order valence-electron chi connectivity index (χ0n) is 32.3. The standard InChI is InChI=1S/C46H58F2N2O4S.CH4/c1-5-37(6-2)51-29-19-15-11-9-13-17-21-31-53-43-27-23-35(33-41(43)47)39-25-26-40(46-45(39)49-55-50-46)36-24-28-44(42(48)34-36)54-32-22-18-14-10-12-16-20-30-52-38(7-3)8-4;/h5-8,23-28,33-34,37-38H,1-4,9-22,29-32H2;1H4. The highest BCUT2D eigenvalue weighted by Gasteiger charge is 2.17. The van der Waals surface area contributed by atoms with Gasteiger partial charge in [-0.1, -0.05) is 120 Å². The molecule has 0 atom stereocenters. The largest absolute Gasteiger partial charge is 0.491 e. The van der Waals surface area contributed by atoms with Crippen molar-refractivity contribution >= 4 is 22.8 Å². The number of benzene rings is 3. The van der Waals surface area contributed by atoms with Crippen LogP contribution in [0.3, 0.4) is 0 Å². The van der Waals surface area contributed by atoms with Gasteiger partial charge in [-0.05, 0) is 61.1 Å². The summed E-state index contributed by atoms with van der Waals surface area (Å²) in [5.41, 5.74) is 4.15. The van der Waals surface area contributed by atoms with Gasteiger partial charge in [-0.15, -0.1) is 26.3 Å². The minimum atomic E-state index is -0.420. The molecule has 0 saturated heterocycles. The molecule has 56 heavy (non-hydrogen) atoms. The molecule has 1 heterocycles. The number of aromatic nitrogens is 2. The smallest absolute Gasteiger partial charge is 0.165 e. The van der Waals surface area contributed by atoms with Crippen molar-refractivity contribution < 1.29 is 27.7 Å². The molecule has 4 rings (SSSR count). The van der Waals surface area contributed by atoms with Gasteiger partial charge in [0.15, 0.2) is 23.1 Å². The fraction of sp³-hybridized carbons (Fsp3) is 0.447. The van der Waals surface area contributed by atoms with Crippen molar-refractivity contribution in [3.05, 3.63) is 111 Å². The second-order valence-electron chi connectivity index (χ2n) is 13.7. The number of halogens is 2. The normalized spacial score (nSPS) is 11.1. The van der Waals surface area contributed by atoms with E-state index in [0.717, 1.165) is 113 Å². The first-order valence-electron chi connectivity index (χ1n) is 19.8. The molecule has 0 aliphatic heterocycles. The van der Waals surface area contributed by atoms with Crippen molar-refractivity contribution in [3.63, 3.8) is 0 Å². The van der Waals surface area contributed by atoms with Gasteiger partial charge in [-0.25, -0.2) is 8.78 Å². The van der Waals surface area contributed by atoms with Crippen LogP contribution in [-0.4, -0.2) is 47.4 Å². The van der Waals surface area contributed by atoms with E-state index in [-0.39, 0.29) is 31.1 Å². The van der Waals surface area contributed by atoms with Crippen LogP contribution in [0.15, 0.2) is 99.2 Å². The van der Waals surface area contributed by atoms with Gasteiger partial charge in [-0.2, -0.15) is 8.75 Å². The maximum absolute atomic E-state index is 15.2. The summed E-state index contributed by atoms with van der Waals surface area (Å²) in [6.07, 6.45) is 21.9. The summed E-state index contributed by atoms with van der Waals surface area (Å²) in [6, 6.07) is 13.8. The first-order valence-corrected chi connectivity index (χ1v) is 20.6. The van der Waals surface area contributed by atoms with Crippen molar-refractivity contribution in [1.29, 1.82) is 0 Å². The van der Waals surface area contributed by atoms with Crippen LogP contribution in [0.5, 0.6) is 11.5 Å². The van der Waals surface area contributed by atoms with Crippen LogP contribution in [-0.2, 0) is 9.47 Å². The third kappa shape index (κ3) is 15.1. The van der Waals surface area contributed by atoms with Crippen LogP contribution >= 0.6 is 11.7 Å². The van der Waals surface area contributed by atoms with Gasteiger partial charge < -0.3 is 18.9 Å². The van der Waals surface area contributed by atoms with Gasteiger partial charge >= 0.3 is 0 Å². The molecule has 0 spiro atoms. The predicted molar refractivity (Wildman–Crippen MR) is 231 cm³/mol. The SMILES string of the molecule is C.C=CC(C=C)OCCCCCCCCCOc1ccc(-c2ccc(-c3ccc(OCCCCCCCCCOC(C=C)C=C)c(F)c3)c3nsnc23)cc1F. The minimum absolute atomic E-state index is 0. The number of hydrogen-bond donors (Lipinski definition) is 0. The highest BCUT2D eigenvalue weighted by atomic mass is 32.1. The third-order valence-corrected chi connectivity index (χ3v) is 10.1. The lowest BCUT2D eigenvalue weighted by Gasteiger charge is -2.11. The second kappa shape index (κ2) is 26.6. The summed E-state index contributed by atoms with van der Waals surface area (Å²) in [7, 11) is 0. The number of ether oxygens (including phenoxy) is 4. The van der Waals surface area contributed by atoms with Gasteiger partial charge in [0, 0.05) is 24.3 Å². The molecule has 0 fully saturated rings. The molecule has 3 aromatic carbocycles. The Bertz CT molecular complexity index is 1630. The van der Waals surface area contributed by atoms with E-state index in [2.05, 4.69) is 35.1 Å². The van der Waals surface area contributed by atoms with E-state index in [1.807, 2.05) is 24.3 Å².